The maximum absolute atomic E-state index is 14.0. The molecule has 2 amide bonds. The molecule has 0 aromatic heterocycles. The minimum atomic E-state index is -4.11. The molecule has 3 aromatic carbocycles. The van der Waals surface area contributed by atoms with Crippen LogP contribution in [0.3, 0.4) is 0 Å². The van der Waals surface area contributed by atoms with Gasteiger partial charge in [0.2, 0.25) is 11.8 Å². The Morgan fingerprint density at radius 2 is 1.52 bits per heavy atom. The van der Waals surface area contributed by atoms with Crippen LogP contribution in [0.2, 0.25) is 5.02 Å². The molecule has 9 heteroatoms. The fraction of sp³-hybridized carbons (Fsp3) is 0.355. The van der Waals surface area contributed by atoms with Crippen LogP contribution >= 0.6 is 11.6 Å². The first-order chi connectivity index (χ1) is 18.8. The summed E-state index contributed by atoms with van der Waals surface area (Å²) in [4.78, 5) is 28.4. The molecule has 0 spiro atoms. The molecule has 0 heterocycles. The second-order valence-corrected chi connectivity index (χ2v) is 12.9. The van der Waals surface area contributed by atoms with Crippen LogP contribution in [-0.2, 0) is 26.2 Å². The van der Waals surface area contributed by atoms with Crippen molar-refractivity contribution >= 4 is 39.1 Å². The normalized spacial score (nSPS) is 12.3. The van der Waals surface area contributed by atoms with Gasteiger partial charge in [0, 0.05) is 17.6 Å². The molecule has 0 bridgehead atoms. The van der Waals surface area contributed by atoms with Crippen LogP contribution in [0.4, 0.5) is 5.69 Å². The van der Waals surface area contributed by atoms with Crippen molar-refractivity contribution in [3.63, 3.8) is 0 Å². The summed E-state index contributed by atoms with van der Waals surface area (Å²) in [5, 5.41) is 3.35. The van der Waals surface area contributed by atoms with Crippen LogP contribution in [0.15, 0.2) is 77.7 Å². The van der Waals surface area contributed by atoms with E-state index in [1.54, 1.807) is 49.4 Å². The van der Waals surface area contributed by atoms with Gasteiger partial charge in [0.25, 0.3) is 10.0 Å². The molecule has 0 unspecified atom stereocenters. The predicted molar refractivity (Wildman–Crippen MR) is 161 cm³/mol. The number of aryl methyl sites for hydroxylation is 1. The molecule has 0 aliphatic rings. The highest BCUT2D eigenvalue weighted by Gasteiger charge is 2.32. The van der Waals surface area contributed by atoms with Crippen LogP contribution in [-0.4, -0.2) is 43.8 Å². The Labute approximate surface area is 243 Å². The molecule has 3 aromatic rings. The Bertz CT molecular complexity index is 1420. The molecule has 1 N–H and O–H groups in total. The first-order valence-electron chi connectivity index (χ1n) is 13.3. The number of sulfonamides is 1. The molecule has 0 saturated heterocycles. The number of amides is 2. The maximum Gasteiger partial charge on any atom is 0.264 e. The van der Waals surface area contributed by atoms with Gasteiger partial charge < -0.3 is 10.2 Å². The zero-order valence-corrected chi connectivity index (χ0v) is 25.5. The lowest BCUT2D eigenvalue weighted by atomic mass is 10.0. The number of carbonyl (C=O) groups is 2. The van der Waals surface area contributed by atoms with E-state index in [0.29, 0.717) is 10.7 Å². The zero-order chi connectivity index (χ0) is 29.6. The molecule has 1 atom stereocenters. The van der Waals surface area contributed by atoms with E-state index >= 15 is 0 Å². The average Bonchev–Trinajstić information content (AvgIpc) is 2.89. The summed E-state index contributed by atoms with van der Waals surface area (Å²) in [7, 11) is -4.11. The lowest BCUT2D eigenvalue weighted by Gasteiger charge is -2.32. The summed E-state index contributed by atoms with van der Waals surface area (Å²) in [6, 6.07) is 19.7. The van der Waals surface area contributed by atoms with Crippen LogP contribution in [0.25, 0.3) is 0 Å². The van der Waals surface area contributed by atoms with Gasteiger partial charge in [0.15, 0.2) is 0 Å². The largest absolute Gasteiger partial charge is 0.352 e. The van der Waals surface area contributed by atoms with Crippen LogP contribution in [0.1, 0.15) is 57.2 Å². The summed E-state index contributed by atoms with van der Waals surface area (Å²) < 4.78 is 29.0. The number of halogens is 1. The van der Waals surface area contributed by atoms with Crippen molar-refractivity contribution in [1.82, 2.24) is 10.2 Å². The van der Waals surface area contributed by atoms with Gasteiger partial charge in [-0.15, -0.1) is 0 Å². The minimum Gasteiger partial charge on any atom is -0.352 e. The van der Waals surface area contributed by atoms with Gasteiger partial charge in [-0.25, -0.2) is 8.42 Å². The molecule has 40 heavy (non-hydrogen) atoms. The van der Waals surface area contributed by atoms with Gasteiger partial charge in [0.1, 0.15) is 12.6 Å². The molecule has 214 valence electrons. The van der Waals surface area contributed by atoms with Gasteiger partial charge in [0.05, 0.1) is 10.6 Å². The minimum absolute atomic E-state index is 0.0748. The van der Waals surface area contributed by atoms with E-state index < -0.39 is 28.5 Å². The van der Waals surface area contributed by atoms with E-state index in [2.05, 4.69) is 19.2 Å². The van der Waals surface area contributed by atoms with E-state index in [0.717, 1.165) is 21.0 Å². The molecular formula is C31H38ClN3O4S. The number of hydrogen-bond acceptors (Lipinski definition) is 4. The van der Waals surface area contributed by atoms with Crippen molar-refractivity contribution in [3.8, 4) is 0 Å². The smallest absolute Gasteiger partial charge is 0.264 e. The Morgan fingerprint density at radius 3 is 2.08 bits per heavy atom. The Balaban J connectivity index is 2.05. The number of anilines is 1. The molecule has 0 aliphatic carbocycles. The third-order valence-corrected chi connectivity index (χ3v) is 8.60. The number of nitrogens with one attached hydrogen (secondary N) is 1. The summed E-state index contributed by atoms with van der Waals surface area (Å²) >= 11 is 6.19. The standard InChI is InChI=1S/C31H38ClN3O4S/c1-21(2)26-12-14-28(15-13-26)35(40(38,39)29-16-10-23(5)11-17-29)20-30(36)34(24(6)31(37)33-22(3)4)19-25-8-7-9-27(32)18-25/h7-18,21-22,24H,19-20H2,1-6H3,(H,33,37)/t24-/m0/s1. The third kappa shape index (κ3) is 7.86. The molecule has 0 radical (unpaired) electrons. The van der Waals surface area contributed by atoms with Crippen molar-refractivity contribution in [2.45, 2.75) is 71.0 Å². The van der Waals surface area contributed by atoms with Gasteiger partial charge in [-0.1, -0.05) is 67.4 Å². The van der Waals surface area contributed by atoms with E-state index in [9.17, 15) is 18.0 Å². The number of rotatable bonds is 11. The third-order valence-electron chi connectivity index (χ3n) is 6.58. The number of carbonyl (C=O) groups excluding carboxylic acids is 2. The monoisotopic (exact) mass is 583 g/mol. The summed E-state index contributed by atoms with van der Waals surface area (Å²) in [6.45, 7) is 10.9. The molecule has 0 aliphatic heterocycles. The Kier molecular flexibility index (Phi) is 10.4. The van der Waals surface area contributed by atoms with Crippen molar-refractivity contribution < 1.29 is 18.0 Å². The van der Waals surface area contributed by atoms with E-state index in [4.69, 9.17) is 11.6 Å². The van der Waals surface area contributed by atoms with Crippen LogP contribution in [0, 0.1) is 6.92 Å². The van der Waals surface area contributed by atoms with Crippen molar-refractivity contribution in [3.05, 3.63) is 94.5 Å². The molecule has 0 saturated carbocycles. The maximum atomic E-state index is 14.0. The Morgan fingerprint density at radius 1 is 0.900 bits per heavy atom. The van der Waals surface area contributed by atoms with Crippen molar-refractivity contribution in [2.24, 2.45) is 0 Å². The molecule has 7 nitrogen and oxygen atoms in total. The topological polar surface area (TPSA) is 86.8 Å². The number of nitrogens with zero attached hydrogens (tertiary/aromatic N) is 2. The van der Waals surface area contributed by atoms with Crippen molar-refractivity contribution in [2.75, 3.05) is 10.8 Å². The zero-order valence-electron chi connectivity index (χ0n) is 23.9. The van der Waals surface area contributed by atoms with Crippen molar-refractivity contribution in [1.29, 1.82) is 0 Å². The van der Waals surface area contributed by atoms with E-state index in [1.165, 1.54) is 17.0 Å². The molecule has 0 fully saturated rings. The Hall–Kier alpha value is -3.36. The van der Waals surface area contributed by atoms with Gasteiger partial charge in [-0.05, 0) is 81.1 Å². The first kappa shape index (κ1) is 31.2. The lowest BCUT2D eigenvalue weighted by molar-refractivity contribution is -0.139. The van der Waals surface area contributed by atoms with E-state index in [-0.39, 0.29) is 29.3 Å². The summed E-state index contributed by atoms with van der Waals surface area (Å²) in [6.07, 6.45) is 0. The molecule has 3 rings (SSSR count). The SMILES string of the molecule is Cc1ccc(S(=O)(=O)N(CC(=O)N(Cc2cccc(Cl)c2)[C@@H](C)C(=O)NC(C)C)c2ccc(C(C)C)cc2)cc1. The number of hydrogen-bond donors (Lipinski definition) is 1. The second-order valence-electron chi connectivity index (χ2n) is 10.6. The highest BCUT2D eigenvalue weighted by Crippen LogP contribution is 2.27. The van der Waals surface area contributed by atoms with Crippen LogP contribution in [0.5, 0.6) is 0 Å². The van der Waals surface area contributed by atoms with Gasteiger partial charge in [-0.2, -0.15) is 0 Å². The highest BCUT2D eigenvalue weighted by atomic mass is 35.5. The quantitative estimate of drug-likeness (QED) is 0.304. The van der Waals surface area contributed by atoms with E-state index in [1.807, 2.05) is 39.0 Å². The summed E-state index contributed by atoms with van der Waals surface area (Å²) in [5.74, 6) is -0.596. The van der Waals surface area contributed by atoms with Crippen LogP contribution < -0.4 is 9.62 Å². The fourth-order valence-electron chi connectivity index (χ4n) is 4.21. The lowest BCUT2D eigenvalue weighted by Crippen LogP contribution is -2.52. The highest BCUT2D eigenvalue weighted by molar-refractivity contribution is 7.92. The first-order valence-corrected chi connectivity index (χ1v) is 15.1. The van der Waals surface area contributed by atoms with Gasteiger partial charge in [-0.3, -0.25) is 13.9 Å². The second kappa shape index (κ2) is 13.3. The fourth-order valence-corrected chi connectivity index (χ4v) is 5.84. The van der Waals surface area contributed by atoms with Gasteiger partial charge >= 0.3 is 0 Å². The predicted octanol–water partition coefficient (Wildman–Crippen LogP) is 5.91. The number of benzene rings is 3. The summed E-state index contributed by atoms with van der Waals surface area (Å²) in [5.41, 5.74) is 3.05. The molecular weight excluding hydrogens is 546 g/mol. The average molecular weight is 584 g/mol.